The first-order valence-corrected chi connectivity index (χ1v) is 14.9. The Hall–Kier alpha value is -3.73. The van der Waals surface area contributed by atoms with E-state index in [9.17, 15) is 19.8 Å². The fraction of sp³-hybridized carbons (Fsp3) is 0.371. The Balaban J connectivity index is 0.00000400. The summed E-state index contributed by atoms with van der Waals surface area (Å²) < 4.78 is 5.17. The molecule has 0 saturated carbocycles. The third-order valence-electron chi connectivity index (χ3n) is 9.72. The molecule has 0 amide bonds. The molecule has 2 unspecified atom stereocenters. The first-order chi connectivity index (χ1) is 21.0. The summed E-state index contributed by atoms with van der Waals surface area (Å²) in [4.78, 5) is 40.0. The quantitative estimate of drug-likeness (QED) is 0.298. The monoisotopic (exact) mass is 616 g/mol. The van der Waals surface area contributed by atoms with Gasteiger partial charge in [0.15, 0.2) is 0 Å². The number of carbonyl (C=O) groups is 2. The molecule has 6 rings (SSSR count). The topological polar surface area (TPSA) is 140 Å². The molecule has 3 aromatic rings. The van der Waals surface area contributed by atoms with E-state index in [0.29, 0.717) is 28.3 Å². The Morgan fingerprint density at radius 3 is 2.36 bits per heavy atom. The summed E-state index contributed by atoms with van der Waals surface area (Å²) in [5, 5.41) is 30.7. The number of aliphatic hydroxyl groups is 1. The van der Waals surface area contributed by atoms with Crippen LogP contribution >= 0.6 is 0 Å². The van der Waals surface area contributed by atoms with Crippen LogP contribution < -0.4 is 46.8 Å². The largest absolute Gasteiger partial charge is 2.00 e. The van der Waals surface area contributed by atoms with Gasteiger partial charge in [-0.15, -0.1) is 50.9 Å². The van der Waals surface area contributed by atoms with Gasteiger partial charge in [-0.1, -0.05) is 71.9 Å². The molecule has 2 N–H and O–H groups in total. The second-order valence-corrected chi connectivity index (χ2v) is 12.0. The summed E-state index contributed by atoms with van der Waals surface area (Å²) in [6, 6.07) is -0.893. The van der Waals surface area contributed by atoms with E-state index in [-0.39, 0.29) is 53.1 Å². The number of aliphatic hydroxyl groups excluding tert-OH is 1. The second kappa shape index (κ2) is 12.2. The fourth-order valence-electron chi connectivity index (χ4n) is 7.29. The van der Waals surface area contributed by atoms with Crippen LogP contribution in [0.1, 0.15) is 60.3 Å². The van der Waals surface area contributed by atoms with Crippen LogP contribution in [0.5, 0.6) is 0 Å². The summed E-state index contributed by atoms with van der Waals surface area (Å²) in [5.74, 6) is -3.00. The smallest absolute Gasteiger partial charge is 0.657 e. The Morgan fingerprint density at radius 1 is 1.02 bits per heavy atom. The Bertz CT molecular complexity index is 2120. The van der Waals surface area contributed by atoms with E-state index < -0.39 is 23.9 Å². The molecule has 3 aromatic heterocycles. The van der Waals surface area contributed by atoms with Gasteiger partial charge in [-0.25, -0.2) is 0 Å². The molecule has 0 aromatic carbocycles. The van der Waals surface area contributed by atoms with E-state index in [4.69, 9.17) is 25.0 Å². The van der Waals surface area contributed by atoms with Crippen molar-refractivity contribution in [2.75, 3.05) is 7.11 Å². The number of fused-ring (bicyclic) bond motifs is 8. The summed E-state index contributed by atoms with van der Waals surface area (Å²) in [5.41, 5.74) is 5.60. The summed E-state index contributed by atoms with van der Waals surface area (Å²) >= 11 is 0. The third-order valence-corrected chi connectivity index (χ3v) is 9.72. The van der Waals surface area contributed by atoms with Crippen molar-refractivity contribution in [3.63, 3.8) is 0 Å². The molecule has 45 heavy (non-hydrogen) atoms. The van der Waals surface area contributed by atoms with Gasteiger partial charge >= 0.3 is 35.0 Å². The number of ether oxygens (including phenoxy) is 1. The van der Waals surface area contributed by atoms with Crippen LogP contribution in [0.4, 0.5) is 0 Å². The van der Waals surface area contributed by atoms with Crippen LogP contribution in [0.15, 0.2) is 6.58 Å². The molecule has 8 bridgehead atoms. The Kier molecular flexibility index (Phi) is 8.87. The number of hydrogen-bond donors (Lipinski definition) is 2. The van der Waals surface area contributed by atoms with Gasteiger partial charge in [0.25, 0.3) is 0 Å². The van der Waals surface area contributed by atoms with Crippen LogP contribution in [0.2, 0.25) is 0 Å². The van der Waals surface area contributed by atoms with Crippen molar-refractivity contribution in [2.45, 2.75) is 59.5 Å². The first-order valence-electron chi connectivity index (χ1n) is 14.9. The molecule has 3 aliphatic rings. The second-order valence-electron chi connectivity index (χ2n) is 12.0. The predicted octanol–water partition coefficient (Wildman–Crippen LogP) is -0.141. The number of carbonyl (C=O) groups excluding carboxylic acids is 1. The van der Waals surface area contributed by atoms with E-state index in [0.717, 1.165) is 49.2 Å². The van der Waals surface area contributed by atoms with Crippen molar-refractivity contribution in [3.05, 3.63) is 77.4 Å². The number of rotatable bonds is 5. The molecular formula is C35H36MgN4O5-2. The van der Waals surface area contributed by atoms with Crippen LogP contribution in [-0.4, -0.2) is 64.4 Å². The molecular weight excluding hydrogens is 581 g/mol. The van der Waals surface area contributed by atoms with Gasteiger partial charge in [0.1, 0.15) is 11.7 Å². The maximum absolute atomic E-state index is 13.2. The zero-order chi connectivity index (χ0) is 31.6. The molecule has 5 heterocycles. The van der Waals surface area contributed by atoms with Gasteiger partial charge in [-0.05, 0) is 44.9 Å². The van der Waals surface area contributed by atoms with Crippen molar-refractivity contribution in [1.29, 1.82) is 0 Å². The van der Waals surface area contributed by atoms with E-state index in [1.54, 1.807) is 6.08 Å². The zero-order valence-electron chi connectivity index (χ0n) is 26.5. The van der Waals surface area contributed by atoms with E-state index in [2.05, 4.69) is 13.5 Å². The van der Waals surface area contributed by atoms with Crippen molar-refractivity contribution in [3.8, 4) is 0 Å². The molecule has 230 valence electrons. The predicted molar refractivity (Wildman–Crippen MR) is 174 cm³/mol. The normalized spacial score (nSPS) is 25.9. The SMILES string of the molecule is C=Cc1c(C)/c2[n-]/c1=C\c1[n-]c(/c(=C/C)c1C)=C\c1[n-]c3c(c1C)=C(O)[C@H](C(=O)OC)C=3C1[N-]C(\C=2)[C@@H](C)[C@@H]1CCC(=O)O.[Mg+2]. The number of hydrogen-bond acceptors (Lipinski definition) is 4. The summed E-state index contributed by atoms with van der Waals surface area (Å²) in [6.07, 6.45) is 10.0. The van der Waals surface area contributed by atoms with Gasteiger partial charge in [-0.2, -0.15) is 0 Å². The van der Waals surface area contributed by atoms with E-state index >= 15 is 0 Å². The van der Waals surface area contributed by atoms with E-state index in [1.807, 2.05) is 52.0 Å². The fourth-order valence-corrected chi connectivity index (χ4v) is 7.29. The van der Waals surface area contributed by atoms with Gasteiger partial charge in [0, 0.05) is 11.6 Å². The molecule has 10 heteroatoms. The van der Waals surface area contributed by atoms with Crippen LogP contribution in [-0.2, 0) is 14.3 Å². The van der Waals surface area contributed by atoms with E-state index in [1.165, 1.54) is 7.11 Å². The summed E-state index contributed by atoms with van der Waals surface area (Å²) in [6.45, 7) is 14.0. The number of nitrogens with zero attached hydrogens (tertiary/aromatic N) is 4. The molecule has 0 spiro atoms. The molecule has 9 nitrogen and oxygen atoms in total. The molecule has 5 atom stereocenters. The minimum atomic E-state index is -1.08. The maximum atomic E-state index is 13.2. The number of carboxylic acids is 1. The van der Waals surface area contributed by atoms with Crippen molar-refractivity contribution < 1.29 is 24.5 Å². The molecule has 1 saturated heterocycles. The first kappa shape index (κ1) is 32.7. The number of methoxy groups -OCH3 is 1. The zero-order valence-corrected chi connectivity index (χ0v) is 27.9. The van der Waals surface area contributed by atoms with Crippen LogP contribution in [0, 0.1) is 38.5 Å². The molecule has 1 fully saturated rings. The maximum Gasteiger partial charge on any atom is 2.00 e. The van der Waals surface area contributed by atoms with Gasteiger partial charge in [0.05, 0.1) is 7.11 Å². The van der Waals surface area contributed by atoms with Crippen LogP contribution in [0.3, 0.4) is 0 Å². The van der Waals surface area contributed by atoms with Crippen molar-refractivity contribution in [1.82, 2.24) is 15.0 Å². The van der Waals surface area contributed by atoms with Gasteiger partial charge in [0.2, 0.25) is 0 Å². The number of carboxylic acid groups (broad SMARTS) is 1. The van der Waals surface area contributed by atoms with Gasteiger partial charge in [-0.3, -0.25) is 9.59 Å². The number of aliphatic carboxylic acids is 1. The summed E-state index contributed by atoms with van der Waals surface area (Å²) in [7, 11) is 1.29. The Labute approximate surface area is 277 Å². The molecule has 0 radical (unpaired) electrons. The molecule has 1 aliphatic carbocycles. The number of aromatic nitrogens is 3. The van der Waals surface area contributed by atoms with Gasteiger partial charge < -0.3 is 35.2 Å². The third kappa shape index (κ3) is 5.12. The van der Waals surface area contributed by atoms with Crippen molar-refractivity contribution >= 4 is 76.7 Å². The Morgan fingerprint density at radius 2 is 1.71 bits per heavy atom. The molecule has 2 aliphatic heterocycles. The minimum Gasteiger partial charge on any atom is -0.657 e. The van der Waals surface area contributed by atoms with Crippen LogP contribution in [0.25, 0.3) is 47.0 Å². The standard InChI is InChI=1S/C35H36N4O5.Mg/c1-8-19-15(3)22-12-24-17(5)21(10-11-28(40)41)32(38-24)30-31(35(43)44-7)34(42)29-18(6)25(39-33(29)30)14-27-20(9-2)16(4)23(37-27)13-26(19)36-22;/h8-9,12-14,17,21,24,31-32,42H,1,10-11H2,2-7H3,(H,40,41);/q-4;+2/b20-9+,22-12-,26-13-,27-14-;/t17-,21-,24?,31+,32?;/m0./s1. The minimum absolute atomic E-state index is 0. The average molecular weight is 617 g/mol. The number of esters is 1. The average Bonchev–Trinajstić information content (AvgIpc) is 3.72. The van der Waals surface area contributed by atoms with Crippen molar-refractivity contribution in [2.24, 2.45) is 17.8 Å².